The number of nitrogens with zero attached hydrogens (tertiary/aromatic N) is 1. The molecule has 1 aromatic rings. The topological polar surface area (TPSA) is 46.6 Å². The molecule has 0 N–H and O–H groups in total. The van der Waals surface area contributed by atoms with Crippen molar-refractivity contribution in [2.45, 2.75) is 26.4 Å². The van der Waals surface area contributed by atoms with Crippen LogP contribution in [-0.4, -0.2) is 29.9 Å². The van der Waals surface area contributed by atoms with Crippen LogP contribution in [0.2, 0.25) is 0 Å². The summed E-state index contributed by atoms with van der Waals surface area (Å²) >= 11 is 5.57. The molecule has 19 heavy (non-hydrogen) atoms. The zero-order valence-corrected chi connectivity index (χ0v) is 12.1. The molecule has 0 fully saturated rings. The standard InChI is InChI=1S/C14H18ClNO3/c1-14(2,3)19-13(18)10-16(12(17)9-15)11-7-5-4-6-8-11/h4-8H,9-10H2,1-3H3. The summed E-state index contributed by atoms with van der Waals surface area (Å²) in [6, 6.07) is 8.90. The maximum Gasteiger partial charge on any atom is 0.326 e. The van der Waals surface area contributed by atoms with Gasteiger partial charge >= 0.3 is 5.97 Å². The smallest absolute Gasteiger partial charge is 0.326 e. The SMILES string of the molecule is CC(C)(C)OC(=O)CN(C(=O)CCl)c1ccccc1. The highest BCUT2D eigenvalue weighted by atomic mass is 35.5. The van der Waals surface area contributed by atoms with E-state index in [0.29, 0.717) is 5.69 Å². The lowest BCUT2D eigenvalue weighted by Gasteiger charge is -2.24. The van der Waals surface area contributed by atoms with Crippen molar-refractivity contribution in [3.05, 3.63) is 30.3 Å². The molecule has 4 nitrogen and oxygen atoms in total. The fraction of sp³-hybridized carbons (Fsp3) is 0.429. The molecule has 0 spiro atoms. The van der Waals surface area contributed by atoms with Gasteiger partial charge in [0, 0.05) is 5.69 Å². The van der Waals surface area contributed by atoms with Crippen LogP contribution in [0.25, 0.3) is 0 Å². The minimum Gasteiger partial charge on any atom is -0.459 e. The van der Waals surface area contributed by atoms with Crippen LogP contribution < -0.4 is 4.90 Å². The Morgan fingerprint density at radius 2 is 1.79 bits per heavy atom. The molecule has 0 saturated heterocycles. The number of benzene rings is 1. The van der Waals surface area contributed by atoms with E-state index in [9.17, 15) is 9.59 Å². The maximum absolute atomic E-state index is 11.8. The van der Waals surface area contributed by atoms with Crippen LogP contribution in [-0.2, 0) is 14.3 Å². The first-order valence-corrected chi connectivity index (χ1v) is 6.50. The van der Waals surface area contributed by atoms with Gasteiger partial charge in [-0.25, -0.2) is 0 Å². The quantitative estimate of drug-likeness (QED) is 0.630. The van der Waals surface area contributed by atoms with E-state index >= 15 is 0 Å². The van der Waals surface area contributed by atoms with Gasteiger partial charge in [-0.3, -0.25) is 9.59 Å². The van der Waals surface area contributed by atoms with Gasteiger partial charge in [0.05, 0.1) is 0 Å². The normalized spacial score (nSPS) is 10.9. The molecule has 104 valence electrons. The Bertz CT molecular complexity index is 440. The predicted octanol–water partition coefficient (Wildman–Crippen LogP) is 2.60. The summed E-state index contributed by atoms with van der Waals surface area (Å²) in [5, 5.41) is 0. The lowest BCUT2D eigenvalue weighted by molar-refractivity contribution is -0.153. The molecule has 0 aliphatic heterocycles. The van der Waals surface area contributed by atoms with E-state index < -0.39 is 11.6 Å². The molecule has 0 atom stereocenters. The molecule has 1 amide bonds. The fourth-order valence-corrected chi connectivity index (χ4v) is 1.65. The average Bonchev–Trinajstić information content (AvgIpc) is 2.34. The molecule has 0 bridgehead atoms. The predicted molar refractivity (Wildman–Crippen MR) is 75.4 cm³/mol. The number of carbonyl (C=O) groups excluding carboxylic acids is 2. The van der Waals surface area contributed by atoms with Crippen molar-refractivity contribution < 1.29 is 14.3 Å². The lowest BCUT2D eigenvalue weighted by atomic mass is 10.2. The van der Waals surface area contributed by atoms with Crippen molar-refractivity contribution in [2.75, 3.05) is 17.3 Å². The van der Waals surface area contributed by atoms with Gasteiger partial charge in [-0.15, -0.1) is 11.6 Å². The number of esters is 1. The second kappa shape index (κ2) is 6.57. The minimum absolute atomic E-state index is 0.146. The highest BCUT2D eigenvalue weighted by Crippen LogP contribution is 2.15. The monoisotopic (exact) mass is 283 g/mol. The van der Waals surface area contributed by atoms with E-state index in [4.69, 9.17) is 16.3 Å². The molecule has 0 saturated carbocycles. The largest absolute Gasteiger partial charge is 0.459 e. The van der Waals surface area contributed by atoms with Gasteiger partial charge in [0.25, 0.3) is 0 Å². The van der Waals surface area contributed by atoms with Gasteiger partial charge in [0.1, 0.15) is 18.0 Å². The van der Waals surface area contributed by atoms with E-state index in [2.05, 4.69) is 0 Å². The molecular weight excluding hydrogens is 266 g/mol. The number of anilines is 1. The minimum atomic E-state index is -0.580. The number of hydrogen-bond acceptors (Lipinski definition) is 3. The summed E-state index contributed by atoms with van der Waals surface area (Å²) in [7, 11) is 0. The number of para-hydroxylation sites is 1. The third-order valence-corrected chi connectivity index (χ3v) is 2.42. The number of halogens is 1. The molecule has 5 heteroatoms. The molecule has 0 unspecified atom stereocenters. The van der Waals surface area contributed by atoms with Crippen molar-refractivity contribution in [1.82, 2.24) is 0 Å². The summed E-state index contributed by atoms with van der Waals surface area (Å²) in [4.78, 5) is 24.9. The Labute approximate surface area is 118 Å². The molecule has 0 radical (unpaired) electrons. The Morgan fingerprint density at radius 3 is 2.26 bits per heavy atom. The van der Waals surface area contributed by atoms with Crippen LogP contribution in [0.3, 0.4) is 0 Å². The highest BCUT2D eigenvalue weighted by molar-refractivity contribution is 6.29. The van der Waals surface area contributed by atoms with E-state index in [1.165, 1.54) is 4.90 Å². The molecule has 1 aromatic carbocycles. The van der Waals surface area contributed by atoms with Gasteiger partial charge in [-0.2, -0.15) is 0 Å². The van der Waals surface area contributed by atoms with Crippen LogP contribution in [0.15, 0.2) is 30.3 Å². The van der Waals surface area contributed by atoms with E-state index in [1.807, 2.05) is 6.07 Å². The van der Waals surface area contributed by atoms with E-state index in [1.54, 1.807) is 45.0 Å². The van der Waals surface area contributed by atoms with Crippen LogP contribution in [0.1, 0.15) is 20.8 Å². The third-order valence-electron chi connectivity index (χ3n) is 2.19. The van der Waals surface area contributed by atoms with Crippen molar-refractivity contribution in [3.8, 4) is 0 Å². The average molecular weight is 284 g/mol. The number of rotatable bonds is 4. The Hall–Kier alpha value is -1.55. The first-order chi connectivity index (χ1) is 8.83. The van der Waals surface area contributed by atoms with E-state index in [0.717, 1.165) is 0 Å². The van der Waals surface area contributed by atoms with Crippen molar-refractivity contribution in [2.24, 2.45) is 0 Å². The maximum atomic E-state index is 11.8. The van der Waals surface area contributed by atoms with Gasteiger partial charge in [-0.05, 0) is 32.9 Å². The molecular formula is C14H18ClNO3. The van der Waals surface area contributed by atoms with Crippen LogP contribution in [0, 0.1) is 0 Å². The summed E-state index contributed by atoms with van der Waals surface area (Å²) in [6.07, 6.45) is 0. The first-order valence-electron chi connectivity index (χ1n) is 5.96. The lowest BCUT2D eigenvalue weighted by Crippen LogP contribution is -2.39. The summed E-state index contributed by atoms with van der Waals surface area (Å²) in [5.41, 5.74) is 0.0442. The first kappa shape index (κ1) is 15.5. The second-order valence-corrected chi connectivity index (χ2v) is 5.30. The Kier molecular flexibility index (Phi) is 5.36. The number of amides is 1. The van der Waals surface area contributed by atoms with Crippen LogP contribution >= 0.6 is 11.6 Å². The number of alkyl halides is 1. The third kappa shape index (κ3) is 5.30. The molecule has 0 aliphatic carbocycles. The van der Waals surface area contributed by atoms with E-state index in [-0.39, 0.29) is 18.3 Å². The molecule has 0 aliphatic rings. The molecule has 1 rings (SSSR count). The summed E-state index contributed by atoms with van der Waals surface area (Å²) in [6.45, 7) is 5.19. The van der Waals surface area contributed by atoms with Gasteiger partial charge < -0.3 is 9.64 Å². The van der Waals surface area contributed by atoms with Gasteiger partial charge in [0.2, 0.25) is 5.91 Å². The number of ether oxygens (including phenoxy) is 1. The number of carbonyl (C=O) groups is 2. The fourth-order valence-electron chi connectivity index (χ4n) is 1.51. The van der Waals surface area contributed by atoms with Gasteiger partial charge in [0.15, 0.2) is 0 Å². The zero-order valence-electron chi connectivity index (χ0n) is 11.4. The van der Waals surface area contributed by atoms with Crippen molar-refractivity contribution >= 4 is 29.2 Å². The summed E-state index contributed by atoms with van der Waals surface area (Å²) < 4.78 is 5.21. The van der Waals surface area contributed by atoms with Crippen LogP contribution in [0.4, 0.5) is 5.69 Å². The highest BCUT2D eigenvalue weighted by Gasteiger charge is 2.22. The Balaban J connectivity index is 2.83. The molecule has 0 heterocycles. The van der Waals surface area contributed by atoms with Crippen LogP contribution in [0.5, 0.6) is 0 Å². The number of hydrogen-bond donors (Lipinski definition) is 0. The van der Waals surface area contributed by atoms with Crippen molar-refractivity contribution in [1.29, 1.82) is 0 Å². The van der Waals surface area contributed by atoms with Gasteiger partial charge in [-0.1, -0.05) is 18.2 Å². The summed E-state index contributed by atoms with van der Waals surface area (Å²) in [5.74, 6) is -0.980. The second-order valence-electron chi connectivity index (χ2n) is 5.04. The molecule has 0 aromatic heterocycles. The van der Waals surface area contributed by atoms with Crippen molar-refractivity contribution in [3.63, 3.8) is 0 Å². The zero-order chi connectivity index (χ0) is 14.5. The Morgan fingerprint density at radius 1 is 1.21 bits per heavy atom.